The quantitative estimate of drug-likeness (QED) is 0.899. The van der Waals surface area contributed by atoms with E-state index in [0.29, 0.717) is 4.88 Å². The van der Waals surface area contributed by atoms with Gasteiger partial charge in [-0.25, -0.2) is 8.78 Å². The molecule has 0 atom stereocenters. The maximum atomic E-state index is 13.0. The second-order valence-electron chi connectivity index (χ2n) is 5.20. The highest BCUT2D eigenvalue weighted by Gasteiger charge is 2.42. The minimum Gasteiger partial charge on any atom is -0.388 e. The van der Waals surface area contributed by atoms with Gasteiger partial charge >= 0.3 is 0 Å². The van der Waals surface area contributed by atoms with Gasteiger partial charge in [-0.1, -0.05) is 0 Å². The number of halogens is 2. The van der Waals surface area contributed by atoms with Crippen molar-refractivity contribution in [1.29, 1.82) is 0 Å². The van der Waals surface area contributed by atoms with Crippen LogP contribution in [0.2, 0.25) is 0 Å². The Bertz CT molecular complexity index is 463. The summed E-state index contributed by atoms with van der Waals surface area (Å²) in [5.41, 5.74) is -0.327. The molecule has 19 heavy (non-hydrogen) atoms. The van der Waals surface area contributed by atoms with Crippen molar-refractivity contribution in [2.75, 3.05) is 6.54 Å². The lowest BCUT2D eigenvalue weighted by atomic mass is 9.83. The van der Waals surface area contributed by atoms with E-state index in [9.17, 15) is 18.7 Å². The predicted molar refractivity (Wildman–Crippen MR) is 69.8 cm³/mol. The molecule has 1 fully saturated rings. The molecule has 1 saturated carbocycles. The number of amides is 1. The normalized spacial score (nSPS) is 21.1. The van der Waals surface area contributed by atoms with Crippen LogP contribution in [0.5, 0.6) is 0 Å². The largest absolute Gasteiger partial charge is 0.388 e. The van der Waals surface area contributed by atoms with Gasteiger partial charge in [-0.15, -0.1) is 11.3 Å². The second-order valence-corrected chi connectivity index (χ2v) is 6.11. The van der Waals surface area contributed by atoms with Crippen LogP contribution >= 0.6 is 11.3 Å². The first kappa shape index (κ1) is 14.4. The van der Waals surface area contributed by atoms with Crippen LogP contribution in [0.3, 0.4) is 0 Å². The van der Waals surface area contributed by atoms with E-state index < -0.39 is 11.5 Å². The smallest absolute Gasteiger partial charge is 0.261 e. The van der Waals surface area contributed by atoms with Crippen LogP contribution in [0, 0.1) is 6.92 Å². The number of aryl methyl sites for hydroxylation is 1. The summed E-state index contributed by atoms with van der Waals surface area (Å²) in [6.45, 7) is 1.86. The molecule has 1 aliphatic rings. The van der Waals surface area contributed by atoms with Gasteiger partial charge in [0.25, 0.3) is 5.91 Å². The Balaban J connectivity index is 1.89. The van der Waals surface area contributed by atoms with E-state index in [1.165, 1.54) is 11.3 Å². The molecule has 0 aliphatic heterocycles. The first-order chi connectivity index (χ1) is 8.81. The minimum atomic E-state index is -2.68. The summed E-state index contributed by atoms with van der Waals surface area (Å²) in [6.07, 6.45) is -0.609. The SMILES string of the molecule is Cc1ccsc1C(=O)NCC1(O)CCC(F)(F)CC1. The fourth-order valence-corrected chi connectivity index (χ4v) is 3.03. The zero-order valence-electron chi connectivity index (χ0n) is 10.7. The molecular weight excluding hydrogens is 272 g/mol. The predicted octanol–water partition coefficient (Wildman–Crippen LogP) is 2.73. The van der Waals surface area contributed by atoms with Gasteiger partial charge in [0.05, 0.1) is 10.5 Å². The van der Waals surface area contributed by atoms with Gasteiger partial charge < -0.3 is 10.4 Å². The van der Waals surface area contributed by atoms with E-state index in [0.717, 1.165) is 5.56 Å². The molecule has 0 unspecified atom stereocenters. The van der Waals surface area contributed by atoms with Gasteiger partial charge in [0, 0.05) is 19.4 Å². The van der Waals surface area contributed by atoms with Crippen molar-refractivity contribution in [3.05, 3.63) is 21.9 Å². The van der Waals surface area contributed by atoms with E-state index in [4.69, 9.17) is 0 Å². The number of alkyl halides is 2. The van der Waals surface area contributed by atoms with Crippen LogP contribution in [0.1, 0.15) is 40.9 Å². The second kappa shape index (κ2) is 5.17. The monoisotopic (exact) mass is 289 g/mol. The molecule has 3 nitrogen and oxygen atoms in total. The Hall–Kier alpha value is -1.01. The van der Waals surface area contributed by atoms with E-state index >= 15 is 0 Å². The zero-order chi connectivity index (χ0) is 14.1. The first-order valence-electron chi connectivity index (χ1n) is 6.24. The van der Waals surface area contributed by atoms with E-state index in [1.54, 1.807) is 0 Å². The van der Waals surface area contributed by atoms with Crippen LogP contribution in [0.4, 0.5) is 8.78 Å². The van der Waals surface area contributed by atoms with Crippen LogP contribution in [-0.4, -0.2) is 29.1 Å². The van der Waals surface area contributed by atoms with Crippen molar-refractivity contribution < 1.29 is 18.7 Å². The number of rotatable bonds is 3. The van der Waals surface area contributed by atoms with Crippen molar-refractivity contribution in [1.82, 2.24) is 5.32 Å². The van der Waals surface area contributed by atoms with E-state index in [-0.39, 0.29) is 38.1 Å². The average molecular weight is 289 g/mol. The van der Waals surface area contributed by atoms with Crippen molar-refractivity contribution in [3.8, 4) is 0 Å². The van der Waals surface area contributed by atoms with Crippen LogP contribution in [0.25, 0.3) is 0 Å². The number of hydrogen-bond acceptors (Lipinski definition) is 3. The number of hydrogen-bond donors (Lipinski definition) is 2. The van der Waals surface area contributed by atoms with Crippen molar-refractivity contribution in [3.63, 3.8) is 0 Å². The lowest BCUT2D eigenvalue weighted by molar-refractivity contribution is -0.101. The molecule has 2 rings (SSSR count). The van der Waals surface area contributed by atoms with E-state index in [1.807, 2.05) is 18.4 Å². The van der Waals surface area contributed by atoms with Crippen molar-refractivity contribution >= 4 is 17.2 Å². The van der Waals surface area contributed by atoms with Gasteiger partial charge in [0.15, 0.2) is 0 Å². The van der Waals surface area contributed by atoms with Crippen LogP contribution in [-0.2, 0) is 0 Å². The summed E-state index contributed by atoms with van der Waals surface area (Å²) in [5.74, 6) is -2.93. The Kier molecular flexibility index (Phi) is 3.92. The fraction of sp³-hybridized carbons (Fsp3) is 0.615. The third kappa shape index (κ3) is 3.51. The zero-order valence-corrected chi connectivity index (χ0v) is 11.5. The summed E-state index contributed by atoms with van der Waals surface area (Å²) in [5, 5.41) is 14.6. The molecule has 6 heteroatoms. The van der Waals surface area contributed by atoms with Crippen molar-refractivity contribution in [2.45, 2.75) is 44.1 Å². The van der Waals surface area contributed by atoms with Crippen LogP contribution < -0.4 is 5.32 Å². The highest BCUT2D eigenvalue weighted by molar-refractivity contribution is 7.12. The number of thiophene rings is 1. The molecular formula is C13H17F2NO2S. The molecule has 1 aromatic rings. The summed E-state index contributed by atoms with van der Waals surface area (Å²) in [7, 11) is 0. The standard InChI is InChI=1S/C13H17F2NO2S/c1-9-2-7-19-10(9)11(17)16-8-12(18)3-5-13(14,15)6-4-12/h2,7,18H,3-6,8H2,1H3,(H,16,17). The summed E-state index contributed by atoms with van der Waals surface area (Å²) in [4.78, 5) is 12.5. The third-order valence-corrected chi connectivity index (χ3v) is 4.57. The Morgan fingerprint density at radius 1 is 1.42 bits per heavy atom. The maximum Gasteiger partial charge on any atom is 0.261 e. The van der Waals surface area contributed by atoms with Crippen molar-refractivity contribution in [2.24, 2.45) is 0 Å². The Morgan fingerprint density at radius 3 is 2.58 bits per heavy atom. The van der Waals surface area contributed by atoms with Crippen LogP contribution in [0.15, 0.2) is 11.4 Å². The molecule has 2 N–H and O–H groups in total. The van der Waals surface area contributed by atoms with Gasteiger partial charge in [-0.2, -0.15) is 0 Å². The number of aliphatic hydroxyl groups is 1. The maximum absolute atomic E-state index is 13.0. The molecule has 0 spiro atoms. The number of carbonyl (C=O) groups is 1. The summed E-state index contributed by atoms with van der Waals surface area (Å²) in [6, 6.07) is 1.84. The first-order valence-corrected chi connectivity index (χ1v) is 7.12. The molecule has 1 heterocycles. The third-order valence-electron chi connectivity index (χ3n) is 3.56. The fourth-order valence-electron chi connectivity index (χ4n) is 2.19. The Labute approximate surface area is 114 Å². The van der Waals surface area contributed by atoms with Gasteiger partial charge in [0.2, 0.25) is 5.92 Å². The Morgan fingerprint density at radius 2 is 2.05 bits per heavy atom. The molecule has 1 aromatic heterocycles. The van der Waals surface area contributed by atoms with Gasteiger partial charge in [0.1, 0.15) is 0 Å². The summed E-state index contributed by atoms with van der Waals surface area (Å²) < 4.78 is 26.1. The highest BCUT2D eigenvalue weighted by atomic mass is 32.1. The lowest BCUT2D eigenvalue weighted by Gasteiger charge is -2.35. The molecule has 0 saturated heterocycles. The highest BCUT2D eigenvalue weighted by Crippen LogP contribution is 2.38. The number of nitrogens with one attached hydrogen (secondary N) is 1. The molecule has 0 aromatic carbocycles. The molecule has 1 aliphatic carbocycles. The van der Waals surface area contributed by atoms with E-state index in [2.05, 4.69) is 5.32 Å². The number of carbonyl (C=O) groups excluding carboxylic acids is 1. The van der Waals surface area contributed by atoms with Gasteiger partial charge in [-0.3, -0.25) is 4.79 Å². The molecule has 106 valence electrons. The summed E-state index contributed by atoms with van der Waals surface area (Å²) >= 11 is 1.33. The lowest BCUT2D eigenvalue weighted by Crippen LogP contribution is -2.47. The topological polar surface area (TPSA) is 49.3 Å². The molecule has 0 bridgehead atoms. The minimum absolute atomic E-state index is 0.0176. The average Bonchev–Trinajstić information content (AvgIpc) is 2.77. The van der Waals surface area contributed by atoms with Gasteiger partial charge in [-0.05, 0) is 36.8 Å². The molecule has 0 radical (unpaired) electrons. The molecule has 1 amide bonds.